The average Bonchev–Trinajstić information content (AvgIpc) is 2.17. The molecule has 0 amide bonds. The van der Waals surface area contributed by atoms with Crippen LogP contribution < -0.4 is 11.4 Å². The van der Waals surface area contributed by atoms with Crippen molar-refractivity contribution in [3.05, 3.63) is 22.7 Å². The third-order valence-electron chi connectivity index (χ3n) is 1.67. The minimum atomic E-state index is -0.412. The van der Waals surface area contributed by atoms with E-state index in [4.69, 9.17) is 10.8 Å². The number of rotatable bonds is 2. The Hall–Kier alpha value is -1.39. The molecule has 17 heavy (non-hydrogen) atoms. The number of nitrogens with two attached hydrogens (primary N) is 1. The molecular formula is C9H16N4O3P+. The van der Waals surface area contributed by atoms with E-state index < -0.39 is 5.69 Å². The van der Waals surface area contributed by atoms with Crippen LogP contribution in [0.4, 0.5) is 5.82 Å². The first-order valence-electron chi connectivity index (χ1n) is 4.75. The fourth-order valence-electron chi connectivity index (χ4n) is 0.793. The third-order valence-corrected chi connectivity index (χ3v) is 2.29. The van der Waals surface area contributed by atoms with E-state index in [-0.39, 0.29) is 14.5 Å². The number of hydrogen-bond acceptors (Lipinski definition) is 5. The number of nitrogens with one attached hydrogen (secondary N) is 1. The summed E-state index contributed by atoms with van der Waals surface area (Å²) >= 11 is 0. The average molecular weight is 259 g/mol. The quantitative estimate of drug-likeness (QED) is 0.495. The van der Waals surface area contributed by atoms with Crippen LogP contribution in [0.2, 0.25) is 0 Å². The van der Waals surface area contributed by atoms with E-state index in [2.05, 4.69) is 15.7 Å². The fraction of sp³-hybridized carbons (Fsp3) is 0.444. The number of nitrogen functional groups attached to an aromatic ring is 1. The molecule has 4 N–H and O–H groups in total. The van der Waals surface area contributed by atoms with Crippen molar-refractivity contribution >= 4 is 13.7 Å². The fourth-order valence-corrected chi connectivity index (χ4v) is 1.11. The minimum Gasteiger partial charge on any atom is -0.385 e. The third kappa shape index (κ3) is 8.42. The second kappa shape index (κ2) is 7.81. The zero-order valence-corrected chi connectivity index (χ0v) is 10.6. The van der Waals surface area contributed by atoms with Crippen molar-refractivity contribution in [2.24, 2.45) is 0 Å². The summed E-state index contributed by atoms with van der Waals surface area (Å²) < 4.78 is 10.3. The molecule has 0 bridgehead atoms. The Labute approximate surface area is 100 Å². The van der Waals surface area contributed by atoms with Crippen molar-refractivity contribution in [3.8, 4) is 5.75 Å². The van der Waals surface area contributed by atoms with Crippen molar-refractivity contribution in [2.45, 2.75) is 0 Å². The molecule has 0 aliphatic rings. The number of aliphatic hydroxyl groups excluding tert-OH is 1. The van der Waals surface area contributed by atoms with Crippen LogP contribution in [0.1, 0.15) is 0 Å². The van der Waals surface area contributed by atoms with Gasteiger partial charge >= 0.3 is 60.8 Å². The van der Waals surface area contributed by atoms with Gasteiger partial charge in [0.2, 0.25) is 0 Å². The number of anilines is 1. The van der Waals surface area contributed by atoms with Gasteiger partial charge in [-0.25, -0.2) is 9.78 Å². The molecule has 0 radical (unpaired) electrons. The van der Waals surface area contributed by atoms with Crippen LogP contribution in [0.3, 0.4) is 0 Å². The van der Waals surface area contributed by atoms with Gasteiger partial charge < -0.3 is 5.73 Å². The molecule has 0 aliphatic carbocycles. The first-order valence-corrected chi connectivity index (χ1v) is 5.57. The van der Waals surface area contributed by atoms with Crippen molar-refractivity contribution in [1.82, 2.24) is 9.97 Å². The van der Waals surface area contributed by atoms with Crippen molar-refractivity contribution in [2.75, 3.05) is 33.0 Å². The van der Waals surface area contributed by atoms with E-state index in [0.29, 0.717) is 16.8 Å². The SMILES string of the molecule is C[N+](C)(C#P=O)CCO.Nc1ccnc(=O)[nH]1. The second-order valence-electron chi connectivity index (χ2n) is 3.65. The standard InChI is InChI=1S/C5H11NO2P.C4H5N3O/c1-6(2,3-4-7)5-9-8;5-3-1-2-6-4(8)7-3/h7H,3-4H2,1-2H3;1-2H,(H3,5,6,7,8)/q+1;. The van der Waals surface area contributed by atoms with E-state index in [1.807, 2.05) is 14.1 Å². The van der Waals surface area contributed by atoms with Crippen LogP contribution in [0.5, 0.6) is 0 Å². The molecule has 0 spiro atoms. The summed E-state index contributed by atoms with van der Waals surface area (Å²) in [5.41, 5.74) is 4.75. The summed E-state index contributed by atoms with van der Waals surface area (Å²) in [4.78, 5) is 15.9. The Balaban J connectivity index is 0.000000302. The molecule has 1 aromatic rings. The number of nitrogens with zero attached hydrogens (tertiary/aromatic N) is 2. The normalized spacial score (nSPS) is 9.82. The van der Waals surface area contributed by atoms with E-state index in [1.54, 1.807) is 0 Å². The van der Waals surface area contributed by atoms with Crippen LogP contribution in [0.15, 0.2) is 17.1 Å². The Bertz CT molecular complexity index is 494. The van der Waals surface area contributed by atoms with Gasteiger partial charge in [-0.05, 0) is 6.07 Å². The summed E-state index contributed by atoms with van der Waals surface area (Å²) in [7, 11) is 3.54. The second-order valence-corrected chi connectivity index (χ2v) is 4.04. The molecule has 1 heterocycles. The van der Waals surface area contributed by atoms with Crippen LogP contribution in [-0.2, 0) is 4.57 Å². The Morgan fingerprint density at radius 2 is 2.29 bits per heavy atom. The van der Waals surface area contributed by atoms with Gasteiger partial charge in [0.25, 0.3) is 0 Å². The molecule has 0 saturated carbocycles. The van der Waals surface area contributed by atoms with E-state index in [1.165, 1.54) is 12.3 Å². The van der Waals surface area contributed by atoms with Crippen LogP contribution in [0, 0.1) is 5.75 Å². The molecule has 0 aromatic carbocycles. The van der Waals surface area contributed by atoms with E-state index in [9.17, 15) is 9.36 Å². The zero-order valence-electron chi connectivity index (χ0n) is 9.75. The number of hydrogen-bond donors (Lipinski definition) is 3. The summed E-state index contributed by atoms with van der Waals surface area (Å²) in [5, 5.41) is 8.47. The van der Waals surface area contributed by atoms with Gasteiger partial charge in [-0.3, -0.25) is 4.98 Å². The Kier molecular flexibility index (Phi) is 7.18. The first-order chi connectivity index (χ1) is 7.91. The number of aromatic amines is 1. The number of aromatic nitrogens is 2. The van der Waals surface area contributed by atoms with Gasteiger partial charge in [0.05, 0.1) is 0 Å². The van der Waals surface area contributed by atoms with Gasteiger partial charge in [-0.15, -0.1) is 0 Å². The molecule has 0 fully saturated rings. The van der Waals surface area contributed by atoms with Crippen LogP contribution >= 0.6 is 7.92 Å². The van der Waals surface area contributed by atoms with Crippen LogP contribution in [-0.4, -0.2) is 46.8 Å². The van der Waals surface area contributed by atoms with Crippen molar-refractivity contribution < 1.29 is 14.2 Å². The number of quaternary nitrogens is 1. The smallest absolute Gasteiger partial charge is 0.346 e. The Morgan fingerprint density at radius 1 is 1.65 bits per heavy atom. The maximum atomic E-state index is 10.2. The van der Waals surface area contributed by atoms with Crippen LogP contribution in [0.25, 0.3) is 0 Å². The van der Waals surface area contributed by atoms with Gasteiger partial charge in [0.1, 0.15) is 5.82 Å². The van der Waals surface area contributed by atoms with Gasteiger partial charge in [-0.1, -0.05) is 0 Å². The molecule has 0 atom stereocenters. The minimum absolute atomic E-state index is 0.0928. The summed E-state index contributed by atoms with van der Waals surface area (Å²) in [6.45, 7) is 0.644. The van der Waals surface area contributed by atoms with Gasteiger partial charge in [0.15, 0.2) is 0 Å². The maximum Gasteiger partial charge on any atom is 0.346 e. The van der Waals surface area contributed by atoms with E-state index in [0.717, 1.165) is 0 Å². The molecule has 0 aliphatic heterocycles. The van der Waals surface area contributed by atoms with Gasteiger partial charge in [-0.2, -0.15) is 0 Å². The molecule has 1 rings (SSSR count). The molecule has 0 unspecified atom stereocenters. The van der Waals surface area contributed by atoms with E-state index >= 15 is 0 Å². The predicted octanol–water partition coefficient (Wildman–Crippen LogP) is -0.384. The summed E-state index contributed by atoms with van der Waals surface area (Å²) in [5.74, 6) is 2.95. The number of aliphatic hydroxyl groups is 1. The zero-order chi connectivity index (χ0) is 13.3. The van der Waals surface area contributed by atoms with Gasteiger partial charge in [0, 0.05) is 6.20 Å². The molecule has 7 nitrogen and oxygen atoms in total. The largest absolute Gasteiger partial charge is 0.385 e. The molecular weight excluding hydrogens is 243 g/mol. The molecule has 8 heteroatoms. The summed E-state index contributed by atoms with van der Waals surface area (Å²) in [6.07, 6.45) is 1.36. The monoisotopic (exact) mass is 259 g/mol. The van der Waals surface area contributed by atoms with Crippen molar-refractivity contribution in [1.29, 1.82) is 0 Å². The maximum absolute atomic E-state index is 10.2. The topological polar surface area (TPSA) is 109 Å². The molecule has 1 aromatic heterocycles. The van der Waals surface area contributed by atoms with Crippen molar-refractivity contribution in [3.63, 3.8) is 0 Å². The first kappa shape index (κ1) is 15.6. The molecule has 94 valence electrons. The summed E-state index contributed by atoms with van der Waals surface area (Å²) in [6, 6.07) is 1.52. The number of H-pyrrole nitrogens is 1. The number of likely N-dealkylation sites (N-methyl/N-ethyl adjacent to an activating group) is 1. The molecule has 0 saturated heterocycles. The Morgan fingerprint density at radius 3 is 2.65 bits per heavy atom. The predicted molar refractivity (Wildman–Crippen MR) is 64.8 cm³/mol.